The molecule has 0 radical (unpaired) electrons. The van der Waals surface area contributed by atoms with Gasteiger partial charge in [-0.2, -0.15) is 0 Å². The van der Waals surface area contributed by atoms with Crippen molar-refractivity contribution in [2.75, 3.05) is 7.11 Å². The second kappa shape index (κ2) is 3.36. The maximum atomic E-state index is 9.22. The SMILES string of the molecule is COc1cc(Br)c(S)cc1O. The number of aromatic hydroxyl groups is 1. The first-order valence-corrected chi connectivity index (χ1v) is 4.14. The number of benzene rings is 1. The Hall–Kier alpha value is -0.350. The van der Waals surface area contributed by atoms with Crippen LogP contribution >= 0.6 is 28.6 Å². The highest BCUT2D eigenvalue weighted by Gasteiger charge is 2.04. The van der Waals surface area contributed by atoms with Crippen LogP contribution in [0.5, 0.6) is 11.5 Å². The van der Waals surface area contributed by atoms with Gasteiger partial charge in [-0.15, -0.1) is 12.6 Å². The smallest absolute Gasteiger partial charge is 0.161 e. The summed E-state index contributed by atoms with van der Waals surface area (Å²) in [5, 5.41) is 9.22. The normalized spacial score (nSPS) is 9.73. The van der Waals surface area contributed by atoms with Crippen molar-refractivity contribution in [2.45, 2.75) is 4.90 Å². The standard InChI is InChI=1S/C7H7BrO2S/c1-10-6-2-4(8)7(11)3-5(6)9/h2-3,9,11H,1H3. The van der Waals surface area contributed by atoms with Crippen molar-refractivity contribution in [3.05, 3.63) is 16.6 Å². The van der Waals surface area contributed by atoms with E-state index in [1.54, 1.807) is 6.07 Å². The van der Waals surface area contributed by atoms with Crippen LogP contribution in [0.1, 0.15) is 0 Å². The molecule has 4 heteroatoms. The van der Waals surface area contributed by atoms with Gasteiger partial charge in [-0.3, -0.25) is 0 Å². The number of ether oxygens (including phenoxy) is 1. The third-order valence-corrected chi connectivity index (χ3v) is 2.58. The van der Waals surface area contributed by atoms with Crippen molar-refractivity contribution < 1.29 is 9.84 Å². The molecule has 0 unspecified atom stereocenters. The molecule has 11 heavy (non-hydrogen) atoms. The first-order chi connectivity index (χ1) is 5.15. The molecule has 0 fully saturated rings. The molecule has 0 saturated heterocycles. The van der Waals surface area contributed by atoms with E-state index in [2.05, 4.69) is 28.6 Å². The molecule has 0 heterocycles. The van der Waals surface area contributed by atoms with Crippen molar-refractivity contribution >= 4 is 28.6 Å². The molecule has 0 amide bonds. The zero-order chi connectivity index (χ0) is 8.43. The Labute approximate surface area is 78.7 Å². The average molecular weight is 235 g/mol. The molecule has 0 bridgehead atoms. The molecule has 2 nitrogen and oxygen atoms in total. The van der Waals surface area contributed by atoms with Gasteiger partial charge in [0.1, 0.15) is 0 Å². The molecule has 60 valence electrons. The third kappa shape index (κ3) is 1.81. The van der Waals surface area contributed by atoms with Crippen LogP contribution in [0.2, 0.25) is 0 Å². The molecule has 0 aliphatic rings. The predicted octanol–water partition coefficient (Wildman–Crippen LogP) is 2.45. The first kappa shape index (κ1) is 8.74. The van der Waals surface area contributed by atoms with E-state index >= 15 is 0 Å². The number of thiol groups is 1. The zero-order valence-electron chi connectivity index (χ0n) is 5.84. The summed E-state index contributed by atoms with van der Waals surface area (Å²) < 4.78 is 5.67. The van der Waals surface area contributed by atoms with Gasteiger partial charge in [0, 0.05) is 9.37 Å². The minimum Gasteiger partial charge on any atom is -0.504 e. The number of phenols is 1. The van der Waals surface area contributed by atoms with E-state index in [1.807, 2.05) is 0 Å². The van der Waals surface area contributed by atoms with E-state index in [1.165, 1.54) is 13.2 Å². The fourth-order valence-electron chi connectivity index (χ4n) is 0.696. The molecule has 1 aromatic rings. The number of phenolic OH excluding ortho intramolecular Hbond substituents is 1. The van der Waals surface area contributed by atoms with Crippen molar-refractivity contribution in [2.24, 2.45) is 0 Å². The Balaban J connectivity index is 3.21. The molecular formula is C7H7BrO2S. The molecule has 0 aliphatic heterocycles. The average Bonchev–Trinajstić information content (AvgIpc) is 1.97. The number of hydrogen-bond donors (Lipinski definition) is 2. The molecule has 0 atom stereocenters. The number of halogens is 1. The lowest BCUT2D eigenvalue weighted by Crippen LogP contribution is -1.83. The monoisotopic (exact) mass is 234 g/mol. The van der Waals surface area contributed by atoms with Crippen LogP contribution in [0.3, 0.4) is 0 Å². The number of methoxy groups -OCH3 is 1. The Kier molecular flexibility index (Phi) is 2.67. The van der Waals surface area contributed by atoms with E-state index in [0.29, 0.717) is 10.6 Å². The molecule has 1 rings (SSSR count). The van der Waals surface area contributed by atoms with E-state index in [0.717, 1.165) is 4.47 Å². The predicted molar refractivity (Wildman–Crippen MR) is 49.6 cm³/mol. The summed E-state index contributed by atoms with van der Waals surface area (Å²) in [6, 6.07) is 3.18. The lowest BCUT2D eigenvalue weighted by atomic mass is 10.3. The second-order valence-electron chi connectivity index (χ2n) is 1.98. The van der Waals surface area contributed by atoms with Crippen LogP contribution in [0.25, 0.3) is 0 Å². The lowest BCUT2D eigenvalue weighted by molar-refractivity contribution is 0.372. The van der Waals surface area contributed by atoms with Crippen molar-refractivity contribution in [1.29, 1.82) is 0 Å². The number of rotatable bonds is 1. The van der Waals surface area contributed by atoms with Gasteiger partial charge in [0.25, 0.3) is 0 Å². The summed E-state index contributed by atoms with van der Waals surface area (Å²) in [4.78, 5) is 0.684. The summed E-state index contributed by atoms with van der Waals surface area (Å²) in [7, 11) is 1.50. The van der Waals surface area contributed by atoms with Gasteiger partial charge in [-0.1, -0.05) is 0 Å². The zero-order valence-corrected chi connectivity index (χ0v) is 8.32. The Morgan fingerprint density at radius 3 is 2.73 bits per heavy atom. The molecular weight excluding hydrogens is 228 g/mol. The summed E-state index contributed by atoms with van der Waals surface area (Å²) in [5.74, 6) is 0.537. The molecule has 1 N–H and O–H groups in total. The van der Waals surface area contributed by atoms with E-state index < -0.39 is 0 Å². The summed E-state index contributed by atoms with van der Waals surface area (Å²) in [6.07, 6.45) is 0. The highest BCUT2D eigenvalue weighted by Crippen LogP contribution is 2.33. The Bertz CT molecular complexity index is 275. The summed E-state index contributed by atoms with van der Waals surface area (Å²) >= 11 is 7.34. The van der Waals surface area contributed by atoms with Crippen molar-refractivity contribution in [3.8, 4) is 11.5 Å². The number of hydrogen-bond acceptors (Lipinski definition) is 3. The second-order valence-corrected chi connectivity index (χ2v) is 3.31. The third-order valence-electron chi connectivity index (χ3n) is 1.25. The van der Waals surface area contributed by atoms with E-state index in [-0.39, 0.29) is 5.75 Å². The van der Waals surface area contributed by atoms with Crippen LogP contribution in [0.15, 0.2) is 21.5 Å². The molecule has 0 aliphatic carbocycles. The Morgan fingerprint density at radius 2 is 2.18 bits per heavy atom. The van der Waals surface area contributed by atoms with Crippen LogP contribution in [-0.4, -0.2) is 12.2 Å². The van der Waals surface area contributed by atoms with Crippen LogP contribution in [0, 0.1) is 0 Å². The first-order valence-electron chi connectivity index (χ1n) is 2.90. The maximum Gasteiger partial charge on any atom is 0.161 e. The fraction of sp³-hybridized carbons (Fsp3) is 0.143. The van der Waals surface area contributed by atoms with Gasteiger partial charge in [-0.05, 0) is 28.1 Å². The minimum atomic E-state index is 0.0979. The largest absolute Gasteiger partial charge is 0.504 e. The van der Waals surface area contributed by atoms with E-state index in [9.17, 15) is 5.11 Å². The highest BCUT2D eigenvalue weighted by molar-refractivity contribution is 9.10. The fourth-order valence-corrected chi connectivity index (χ4v) is 1.21. The van der Waals surface area contributed by atoms with Crippen LogP contribution in [-0.2, 0) is 0 Å². The van der Waals surface area contributed by atoms with Gasteiger partial charge in [0.05, 0.1) is 7.11 Å². The van der Waals surface area contributed by atoms with Crippen LogP contribution in [0.4, 0.5) is 0 Å². The maximum absolute atomic E-state index is 9.22. The minimum absolute atomic E-state index is 0.0979. The van der Waals surface area contributed by atoms with Gasteiger partial charge >= 0.3 is 0 Å². The quantitative estimate of drug-likeness (QED) is 0.732. The van der Waals surface area contributed by atoms with Gasteiger partial charge < -0.3 is 9.84 Å². The highest BCUT2D eigenvalue weighted by atomic mass is 79.9. The van der Waals surface area contributed by atoms with Crippen LogP contribution < -0.4 is 4.74 Å². The summed E-state index contributed by atoms with van der Waals surface area (Å²) in [5.41, 5.74) is 0. The lowest BCUT2D eigenvalue weighted by Gasteiger charge is -2.04. The molecule has 0 saturated carbocycles. The van der Waals surface area contributed by atoms with Gasteiger partial charge in [0.15, 0.2) is 11.5 Å². The topological polar surface area (TPSA) is 29.5 Å². The van der Waals surface area contributed by atoms with Crippen molar-refractivity contribution in [3.63, 3.8) is 0 Å². The van der Waals surface area contributed by atoms with E-state index in [4.69, 9.17) is 4.74 Å². The summed E-state index contributed by atoms with van der Waals surface area (Å²) in [6.45, 7) is 0. The molecule has 0 aromatic heterocycles. The molecule has 0 spiro atoms. The Morgan fingerprint density at radius 1 is 1.55 bits per heavy atom. The molecule has 1 aromatic carbocycles. The van der Waals surface area contributed by atoms with Crippen molar-refractivity contribution in [1.82, 2.24) is 0 Å². The van der Waals surface area contributed by atoms with Gasteiger partial charge in [-0.25, -0.2) is 0 Å². The van der Waals surface area contributed by atoms with Gasteiger partial charge in [0.2, 0.25) is 0 Å².